The SMILES string of the molecule is CCN(CCO)c1cc(C#N)ccc1[C@@H](C)O. The number of hydrogen-bond donors (Lipinski definition) is 2. The molecule has 1 rings (SSSR count). The predicted molar refractivity (Wildman–Crippen MR) is 66.8 cm³/mol. The zero-order chi connectivity index (χ0) is 12.8. The van der Waals surface area contributed by atoms with Crippen LogP contribution in [0.3, 0.4) is 0 Å². The summed E-state index contributed by atoms with van der Waals surface area (Å²) in [6, 6.07) is 7.29. The van der Waals surface area contributed by atoms with Gasteiger partial charge in [0.15, 0.2) is 0 Å². The van der Waals surface area contributed by atoms with Gasteiger partial charge in [-0.2, -0.15) is 5.26 Å². The summed E-state index contributed by atoms with van der Waals surface area (Å²) in [5, 5.41) is 27.6. The lowest BCUT2D eigenvalue weighted by atomic mass is 10.0. The number of aliphatic hydroxyl groups is 2. The van der Waals surface area contributed by atoms with Crippen molar-refractivity contribution in [2.24, 2.45) is 0 Å². The Hall–Kier alpha value is -1.57. The molecule has 4 heteroatoms. The van der Waals surface area contributed by atoms with E-state index >= 15 is 0 Å². The minimum Gasteiger partial charge on any atom is -0.395 e. The zero-order valence-electron chi connectivity index (χ0n) is 10.2. The van der Waals surface area contributed by atoms with Crippen molar-refractivity contribution in [3.63, 3.8) is 0 Å². The molecule has 0 unspecified atom stereocenters. The summed E-state index contributed by atoms with van der Waals surface area (Å²) in [6.07, 6.45) is -0.592. The molecule has 0 fully saturated rings. The Morgan fingerprint density at radius 2 is 2.18 bits per heavy atom. The Morgan fingerprint density at radius 1 is 1.47 bits per heavy atom. The monoisotopic (exact) mass is 234 g/mol. The van der Waals surface area contributed by atoms with Crippen LogP contribution in [0.25, 0.3) is 0 Å². The Balaban J connectivity index is 3.20. The molecule has 1 aromatic rings. The fourth-order valence-electron chi connectivity index (χ4n) is 1.81. The molecule has 0 amide bonds. The summed E-state index contributed by atoms with van der Waals surface area (Å²) >= 11 is 0. The largest absolute Gasteiger partial charge is 0.395 e. The quantitative estimate of drug-likeness (QED) is 0.808. The molecule has 4 nitrogen and oxygen atoms in total. The zero-order valence-corrected chi connectivity index (χ0v) is 10.2. The molecule has 0 aliphatic carbocycles. The lowest BCUT2D eigenvalue weighted by molar-refractivity contribution is 0.199. The molecule has 0 saturated heterocycles. The summed E-state index contributed by atoms with van der Waals surface area (Å²) < 4.78 is 0. The summed E-state index contributed by atoms with van der Waals surface area (Å²) in [7, 11) is 0. The average Bonchev–Trinajstić information content (AvgIpc) is 2.35. The molecule has 0 aliphatic rings. The van der Waals surface area contributed by atoms with Gasteiger partial charge < -0.3 is 15.1 Å². The van der Waals surface area contributed by atoms with Crippen LogP contribution in [-0.4, -0.2) is 29.9 Å². The van der Waals surface area contributed by atoms with Crippen molar-refractivity contribution in [2.75, 3.05) is 24.6 Å². The van der Waals surface area contributed by atoms with Crippen LogP contribution < -0.4 is 4.90 Å². The van der Waals surface area contributed by atoms with Crippen molar-refractivity contribution in [3.05, 3.63) is 29.3 Å². The number of likely N-dealkylation sites (N-methyl/N-ethyl adjacent to an activating group) is 1. The van der Waals surface area contributed by atoms with Crippen molar-refractivity contribution in [2.45, 2.75) is 20.0 Å². The number of hydrogen-bond acceptors (Lipinski definition) is 4. The molecular formula is C13H18N2O2. The Bertz CT molecular complexity index is 410. The van der Waals surface area contributed by atoms with E-state index in [0.717, 1.165) is 17.8 Å². The molecule has 2 N–H and O–H groups in total. The van der Waals surface area contributed by atoms with Crippen LogP contribution in [0.2, 0.25) is 0 Å². The van der Waals surface area contributed by atoms with Crippen molar-refractivity contribution in [1.29, 1.82) is 5.26 Å². The van der Waals surface area contributed by atoms with E-state index in [0.29, 0.717) is 12.1 Å². The first kappa shape index (κ1) is 13.5. The summed E-state index contributed by atoms with van der Waals surface area (Å²) in [6.45, 7) is 4.92. The van der Waals surface area contributed by atoms with Crippen LogP contribution in [0.4, 0.5) is 5.69 Å². The van der Waals surface area contributed by atoms with Gasteiger partial charge in [0.1, 0.15) is 0 Å². The van der Waals surface area contributed by atoms with Gasteiger partial charge in [0.25, 0.3) is 0 Å². The molecule has 1 aromatic carbocycles. The summed E-state index contributed by atoms with van der Waals surface area (Å²) in [5.74, 6) is 0. The van der Waals surface area contributed by atoms with Gasteiger partial charge in [-0.15, -0.1) is 0 Å². The highest BCUT2D eigenvalue weighted by molar-refractivity contribution is 5.58. The van der Waals surface area contributed by atoms with Crippen molar-refractivity contribution < 1.29 is 10.2 Å². The van der Waals surface area contributed by atoms with Gasteiger partial charge in [0, 0.05) is 24.3 Å². The highest BCUT2D eigenvalue weighted by atomic mass is 16.3. The molecule has 0 bridgehead atoms. The Morgan fingerprint density at radius 3 is 2.65 bits per heavy atom. The van der Waals surface area contributed by atoms with Gasteiger partial charge in [-0.3, -0.25) is 0 Å². The van der Waals surface area contributed by atoms with E-state index in [1.807, 2.05) is 11.8 Å². The first-order chi connectivity index (χ1) is 8.13. The van der Waals surface area contributed by atoms with E-state index in [-0.39, 0.29) is 6.61 Å². The Kier molecular flexibility index (Phi) is 4.95. The molecule has 0 heterocycles. The average molecular weight is 234 g/mol. The van der Waals surface area contributed by atoms with Crippen LogP contribution >= 0.6 is 0 Å². The lowest BCUT2D eigenvalue weighted by Gasteiger charge is -2.26. The van der Waals surface area contributed by atoms with Crippen molar-refractivity contribution >= 4 is 5.69 Å². The fourth-order valence-corrected chi connectivity index (χ4v) is 1.81. The van der Waals surface area contributed by atoms with Crippen LogP contribution in [0.15, 0.2) is 18.2 Å². The molecule has 0 radical (unpaired) electrons. The smallest absolute Gasteiger partial charge is 0.0992 e. The molecule has 92 valence electrons. The number of rotatable bonds is 5. The normalized spacial score (nSPS) is 11.9. The van der Waals surface area contributed by atoms with Gasteiger partial charge in [-0.1, -0.05) is 6.07 Å². The van der Waals surface area contributed by atoms with E-state index in [4.69, 9.17) is 10.4 Å². The molecule has 0 aromatic heterocycles. The topological polar surface area (TPSA) is 67.5 Å². The van der Waals surface area contributed by atoms with Crippen LogP contribution in [0, 0.1) is 11.3 Å². The first-order valence-electron chi connectivity index (χ1n) is 5.72. The highest BCUT2D eigenvalue weighted by Crippen LogP contribution is 2.27. The second-order valence-corrected chi connectivity index (χ2v) is 3.86. The van der Waals surface area contributed by atoms with Gasteiger partial charge in [-0.25, -0.2) is 0 Å². The molecular weight excluding hydrogens is 216 g/mol. The first-order valence-corrected chi connectivity index (χ1v) is 5.72. The molecule has 17 heavy (non-hydrogen) atoms. The molecule has 0 saturated carbocycles. The number of aliphatic hydroxyl groups excluding tert-OH is 2. The van der Waals surface area contributed by atoms with E-state index in [1.165, 1.54) is 0 Å². The standard InChI is InChI=1S/C13H18N2O2/c1-3-15(6-7-16)13-8-11(9-14)4-5-12(13)10(2)17/h4-5,8,10,16-17H,3,6-7H2,1-2H3/t10-/m1/s1. The van der Waals surface area contributed by atoms with E-state index < -0.39 is 6.10 Å². The van der Waals surface area contributed by atoms with Crippen LogP contribution in [0.5, 0.6) is 0 Å². The molecule has 1 atom stereocenters. The van der Waals surface area contributed by atoms with E-state index in [1.54, 1.807) is 25.1 Å². The van der Waals surface area contributed by atoms with Crippen molar-refractivity contribution in [1.82, 2.24) is 0 Å². The Labute approximate surface area is 102 Å². The number of nitriles is 1. The van der Waals surface area contributed by atoms with Crippen LogP contribution in [-0.2, 0) is 0 Å². The van der Waals surface area contributed by atoms with E-state index in [2.05, 4.69) is 6.07 Å². The minimum absolute atomic E-state index is 0.0455. The highest BCUT2D eigenvalue weighted by Gasteiger charge is 2.13. The van der Waals surface area contributed by atoms with Crippen molar-refractivity contribution in [3.8, 4) is 6.07 Å². The second kappa shape index (κ2) is 6.24. The van der Waals surface area contributed by atoms with Gasteiger partial charge in [-0.05, 0) is 26.0 Å². The van der Waals surface area contributed by atoms with Gasteiger partial charge in [0.05, 0.1) is 24.3 Å². The maximum atomic E-state index is 9.71. The molecule has 0 aliphatic heterocycles. The minimum atomic E-state index is -0.592. The summed E-state index contributed by atoms with van der Waals surface area (Å²) in [5.41, 5.74) is 2.15. The second-order valence-electron chi connectivity index (χ2n) is 3.86. The van der Waals surface area contributed by atoms with E-state index in [9.17, 15) is 5.11 Å². The van der Waals surface area contributed by atoms with Gasteiger partial charge >= 0.3 is 0 Å². The third-order valence-electron chi connectivity index (χ3n) is 2.70. The lowest BCUT2D eigenvalue weighted by Crippen LogP contribution is -2.27. The third-order valence-corrected chi connectivity index (χ3v) is 2.70. The fraction of sp³-hybridized carbons (Fsp3) is 0.462. The maximum Gasteiger partial charge on any atom is 0.0992 e. The maximum absolute atomic E-state index is 9.71. The van der Waals surface area contributed by atoms with Crippen LogP contribution in [0.1, 0.15) is 31.1 Å². The van der Waals surface area contributed by atoms with Gasteiger partial charge in [0.2, 0.25) is 0 Å². The number of nitrogens with zero attached hydrogens (tertiary/aromatic N) is 2. The summed E-state index contributed by atoms with van der Waals surface area (Å²) in [4.78, 5) is 1.95. The third kappa shape index (κ3) is 3.19. The molecule has 0 spiro atoms. The number of benzene rings is 1. The predicted octanol–water partition coefficient (Wildman–Crippen LogP) is 1.43. The number of anilines is 1.